The number of thiazole rings is 1. The Morgan fingerprint density at radius 1 is 1.12 bits per heavy atom. The number of nitrogens with one attached hydrogen (secondary N) is 1. The number of carbonyl (C=O) groups excluding carboxylic acids is 1. The zero-order valence-corrected chi connectivity index (χ0v) is 14.3. The van der Waals surface area contributed by atoms with E-state index in [9.17, 15) is 18.0 Å². The second-order valence-electron chi connectivity index (χ2n) is 5.52. The van der Waals surface area contributed by atoms with Gasteiger partial charge in [0.2, 0.25) is 0 Å². The number of hydrogen-bond acceptors (Lipinski definition) is 4. The molecule has 1 amide bonds. The summed E-state index contributed by atoms with van der Waals surface area (Å²) >= 11 is 1.16. The van der Waals surface area contributed by atoms with E-state index >= 15 is 0 Å². The van der Waals surface area contributed by atoms with Crippen LogP contribution < -0.4 is 5.32 Å². The Balaban J connectivity index is 1.70. The third kappa shape index (κ3) is 4.45. The van der Waals surface area contributed by atoms with Gasteiger partial charge in [-0.2, -0.15) is 13.2 Å². The third-order valence-corrected chi connectivity index (χ3v) is 4.56. The summed E-state index contributed by atoms with van der Waals surface area (Å²) in [7, 11) is 0. The zero-order valence-electron chi connectivity index (χ0n) is 13.5. The number of halogens is 3. The van der Waals surface area contributed by atoms with E-state index in [0.717, 1.165) is 29.0 Å². The van der Waals surface area contributed by atoms with Crippen molar-refractivity contribution in [2.75, 3.05) is 5.32 Å². The molecule has 0 aliphatic carbocycles. The standard InChI is InChI=1S/C18H14F3N3OS/c19-18(20,21)13-2-1-3-14(10-13)24-17(25)16-15(23-11-26-16)5-4-12-6-8-22-9-7-12/h1-3,6-11H,4-5H2,(H,24,25). The number of nitrogens with zero attached hydrogens (tertiary/aromatic N) is 2. The molecule has 3 rings (SSSR count). The second kappa shape index (κ2) is 7.65. The molecule has 134 valence electrons. The average Bonchev–Trinajstić information content (AvgIpc) is 3.09. The highest BCUT2D eigenvalue weighted by Crippen LogP contribution is 2.31. The van der Waals surface area contributed by atoms with Gasteiger partial charge in [0, 0.05) is 18.1 Å². The Morgan fingerprint density at radius 3 is 2.62 bits per heavy atom. The first-order valence-corrected chi connectivity index (χ1v) is 8.61. The number of hydrogen-bond donors (Lipinski definition) is 1. The molecule has 0 fully saturated rings. The van der Waals surface area contributed by atoms with Crippen molar-refractivity contribution in [1.29, 1.82) is 0 Å². The summed E-state index contributed by atoms with van der Waals surface area (Å²) in [6.07, 6.45) is 0.172. The number of pyridine rings is 1. The number of aromatic nitrogens is 2. The lowest BCUT2D eigenvalue weighted by Gasteiger charge is -2.10. The Labute approximate surface area is 151 Å². The first-order valence-electron chi connectivity index (χ1n) is 7.73. The van der Waals surface area contributed by atoms with Gasteiger partial charge >= 0.3 is 6.18 Å². The third-order valence-electron chi connectivity index (χ3n) is 3.70. The van der Waals surface area contributed by atoms with Crippen molar-refractivity contribution in [3.8, 4) is 0 Å². The van der Waals surface area contributed by atoms with E-state index in [1.54, 1.807) is 17.9 Å². The van der Waals surface area contributed by atoms with Gasteiger partial charge in [-0.3, -0.25) is 9.78 Å². The number of anilines is 1. The quantitative estimate of drug-likeness (QED) is 0.707. The molecule has 0 radical (unpaired) electrons. The van der Waals surface area contributed by atoms with Crippen LogP contribution in [0.15, 0.2) is 54.3 Å². The molecule has 0 aliphatic rings. The highest BCUT2D eigenvalue weighted by molar-refractivity contribution is 7.12. The molecule has 8 heteroatoms. The molecular formula is C18H14F3N3OS. The van der Waals surface area contributed by atoms with Crippen molar-refractivity contribution in [3.05, 3.63) is 76.0 Å². The molecule has 26 heavy (non-hydrogen) atoms. The molecule has 1 aromatic carbocycles. The van der Waals surface area contributed by atoms with Crippen molar-refractivity contribution in [1.82, 2.24) is 9.97 Å². The molecule has 0 unspecified atom stereocenters. The van der Waals surface area contributed by atoms with Gasteiger partial charge in [-0.15, -0.1) is 11.3 Å². The maximum absolute atomic E-state index is 12.8. The highest BCUT2D eigenvalue weighted by atomic mass is 32.1. The van der Waals surface area contributed by atoms with Crippen LogP contribution in [-0.4, -0.2) is 15.9 Å². The number of carbonyl (C=O) groups is 1. The first-order chi connectivity index (χ1) is 12.4. The van der Waals surface area contributed by atoms with Crippen LogP contribution in [-0.2, 0) is 19.0 Å². The Bertz CT molecular complexity index is 894. The fraction of sp³-hybridized carbons (Fsp3) is 0.167. The minimum absolute atomic E-state index is 0.0957. The molecule has 0 bridgehead atoms. The predicted octanol–water partition coefficient (Wildman–Crippen LogP) is 4.59. The summed E-state index contributed by atoms with van der Waals surface area (Å²) < 4.78 is 38.3. The largest absolute Gasteiger partial charge is 0.416 e. The Hall–Kier alpha value is -2.74. The number of alkyl halides is 3. The lowest BCUT2D eigenvalue weighted by atomic mass is 10.1. The summed E-state index contributed by atoms with van der Waals surface area (Å²) in [5.74, 6) is -0.462. The van der Waals surface area contributed by atoms with Crippen LogP contribution in [0, 0.1) is 0 Å². The maximum Gasteiger partial charge on any atom is 0.416 e. The monoisotopic (exact) mass is 377 g/mol. The lowest BCUT2D eigenvalue weighted by molar-refractivity contribution is -0.137. The Kier molecular flexibility index (Phi) is 5.32. The molecule has 0 atom stereocenters. The lowest BCUT2D eigenvalue weighted by Crippen LogP contribution is -2.14. The van der Waals surface area contributed by atoms with Crippen LogP contribution in [0.25, 0.3) is 0 Å². The van der Waals surface area contributed by atoms with Crippen LogP contribution in [0.5, 0.6) is 0 Å². The summed E-state index contributed by atoms with van der Waals surface area (Å²) in [5, 5.41) is 2.52. The van der Waals surface area contributed by atoms with Crippen LogP contribution >= 0.6 is 11.3 Å². The van der Waals surface area contributed by atoms with E-state index in [1.807, 2.05) is 12.1 Å². The molecule has 4 nitrogen and oxygen atoms in total. The van der Waals surface area contributed by atoms with E-state index in [4.69, 9.17) is 0 Å². The predicted molar refractivity (Wildman–Crippen MR) is 93.2 cm³/mol. The minimum Gasteiger partial charge on any atom is -0.321 e. The molecule has 3 aromatic rings. The number of rotatable bonds is 5. The van der Waals surface area contributed by atoms with Gasteiger partial charge < -0.3 is 5.32 Å². The van der Waals surface area contributed by atoms with E-state index in [-0.39, 0.29) is 5.69 Å². The smallest absolute Gasteiger partial charge is 0.321 e. The van der Waals surface area contributed by atoms with Crippen molar-refractivity contribution >= 4 is 22.9 Å². The highest BCUT2D eigenvalue weighted by Gasteiger charge is 2.30. The van der Waals surface area contributed by atoms with E-state index in [0.29, 0.717) is 23.4 Å². The van der Waals surface area contributed by atoms with Crippen LogP contribution in [0.3, 0.4) is 0 Å². The topological polar surface area (TPSA) is 54.9 Å². The molecule has 1 N–H and O–H groups in total. The molecular weight excluding hydrogens is 363 g/mol. The maximum atomic E-state index is 12.8. The first kappa shape index (κ1) is 18.1. The molecule has 0 saturated heterocycles. The van der Waals surface area contributed by atoms with Crippen molar-refractivity contribution in [3.63, 3.8) is 0 Å². The van der Waals surface area contributed by atoms with Gasteiger partial charge in [-0.05, 0) is 48.7 Å². The number of aryl methyl sites for hydroxylation is 2. The van der Waals surface area contributed by atoms with Gasteiger partial charge in [-0.1, -0.05) is 6.07 Å². The summed E-state index contributed by atoms with van der Waals surface area (Å²) in [4.78, 5) is 21.0. The fourth-order valence-electron chi connectivity index (χ4n) is 2.41. The van der Waals surface area contributed by atoms with Gasteiger partial charge in [0.05, 0.1) is 16.8 Å². The SMILES string of the molecule is O=C(Nc1cccc(C(F)(F)F)c1)c1scnc1CCc1ccncc1. The zero-order chi connectivity index (χ0) is 18.6. The molecule has 0 spiro atoms. The molecule has 2 aromatic heterocycles. The summed E-state index contributed by atoms with van der Waals surface area (Å²) in [6, 6.07) is 8.32. The van der Waals surface area contributed by atoms with Crippen LogP contribution in [0.1, 0.15) is 26.5 Å². The number of benzene rings is 1. The minimum atomic E-state index is -4.46. The summed E-state index contributed by atoms with van der Waals surface area (Å²) in [6.45, 7) is 0. The van der Waals surface area contributed by atoms with Gasteiger partial charge in [-0.25, -0.2) is 4.98 Å². The molecule has 0 aliphatic heterocycles. The second-order valence-corrected chi connectivity index (χ2v) is 6.37. The van der Waals surface area contributed by atoms with Crippen molar-refractivity contribution in [2.45, 2.75) is 19.0 Å². The van der Waals surface area contributed by atoms with Crippen molar-refractivity contribution in [2.24, 2.45) is 0 Å². The normalized spacial score (nSPS) is 11.3. The van der Waals surface area contributed by atoms with E-state index in [1.165, 1.54) is 12.1 Å². The average molecular weight is 377 g/mol. The summed E-state index contributed by atoms with van der Waals surface area (Å²) in [5.41, 5.74) is 2.53. The van der Waals surface area contributed by atoms with E-state index < -0.39 is 17.6 Å². The van der Waals surface area contributed by atoms with Gasteiger partial charge in [0.15, 0.2) is 0 Å². The number of amides is 1. The molecule has 2 heterocycles. The van der Waals surface area contributed by atoms with E-state index in [2.05, 4.69) is 15.3 Å². The van der Waals surface area contributed by atoms with Gasteiger partial charge in [0.1, 0.15) is 4.88 Å². The Morgan fingerprint density at radius 2 is 1.88 bits per heavy atom. The fourth-order valence-corrected chi connectivity index (χ4v) is 3.14. The van der Waals surface area contributed by atoms with Gasteiger partial charge in [0.25, 0.3) is 5.91 Å². The van der Waals surface area contributed by atoms with Crippen LogP contribution in [0.2, 0.25) is 0 Å². The van der Waals surface area contributed by atoms with Crippen LogP contribution in [0.4, 0.5) is 18.9 Å². The van der Waals surface area contributed by atoms with Crippen molar-refractivity contribution < 1.29 is 18.0 Å². The molecule has 0 saturated carbocycles.